The summed E-state index contributed by atoms with van der Waals surface area (Å²) in [5, 5.41) is 0.702. The molecule has 0 aliphatic carbocycles. The number of rotatable bonds is 2. The molecule has 3 atom stereocenters. The van der Waals surface area contributed by atoms with Crippen LogP contribution in [-0.2, 0) is 34.0 Å². The van der Waals surface area contributed by atoms with Crippen LogP contribution in [0.25, 0.3) is 10.9 Å². The van der Waals surface area contributed by atoms with Gasteiger partial charge in [-0.3, -0.25) is 19.3 Å². The van der Waals surface area contributed by atoms with Crippen LogP contribution < -0.4 is 0 Å². The lowest BCUT2D eigenvalue weighted by Gasteiger charge is -2.40. The van der Waals surface area contributed by atoms with E-state index in [1.165, 1.54) is 4.57 Å². The molecule has 3 aliphatic heterocycles. The average Bonchev–Trinajstić information content (AvgIpc) is 3.33. The maximum absolute atomic E-state index is 13.9. The molecule has 3 unspecified atom stereocenters. The number of ketones is 1. The minimum absolute atomic E-state index is 0.0297. The smallest absolute Gasteiger partial charge is 0.419 e. The third-order valence-corrected chi connectivity index (χ3v) is 7.15. The van der Waals surface area contributed by atoms with Gasteiger partial charge < -0.3 is 14.2 Å². The van der Waals surface area contributed by atoms with Crippen LogP contribution in [-0.4, -0.2) is 65.2 Å². The summed E-state index contributed by atoms with van der Waals surface area (Å²) in [4.78, 5) is 56.6. The second-order valence-electron chi connectivity index (χ2n) is 10.4. The molecular weight excluding hydrogens is 452 g/mol. The predicted octanol–water partition coefficient (Wildman–Crippen LogP) is 3.12. The number of carbonyl (C=O) groups excluding carboxylic acids is 4. The van der Waals surface area contributed by atoms with Crippen molar-refractivity contribution >= 4 is 34.7 Å². The summed E-state index contributed by atoms with van der Waals surface area (Å²) < 4.78 is 18.2. The van der Waals surface area contributed by atoms with Gasteiger partial charge in [0.2, 0.25) is 5.41 Å². The van der Waals surface area contributed by atoms with Crippen molar-refractivity contribution in [2.45, 2.75) is 57.6 Å². The van der Waals surface area contributed by atoms with Gasteiger partial charge in [0.05, 0.1) is 29.8 Å². The Bertz CT molecular complexity index is 1240. The average molecular weight is 483 g/mol. The highest BCUT2D eigenvalue weighted by Gasteiger charge is 2.60. The molecule has 0 amide bonds. The SMILES string of the molecule is CCOC(=O)C12COC(=O)C3CCN(CCC1=O)C3c1c2n(C(=O)OC(C)(C)C)c2ccccc12. The van der Waals surface area contributed by atoms with Crippen LogP contribution in [0.3, 0.4) is 0 Å². The van der Waals surface area contributed by atoms with Gasteiger partial charge in [0.1, 0.15) is 12.2 Å². The lowest BCUT2D eigenvalue weighted by atomic mass is 9.73. The lowest BCUT2D eigenvalue weighted by molar-refractivity contribution is -0.164. The molecule has 4 heterocycles. The fourth-order valence-electron chi connectivity index (χ4n) is 5.77. The third kappa shape index (κ3) is 3.47. The summed E-state index contributed by atoms with van der Waals surface area (Å²) in [6.45, 7) is 7.43. The second-order valence-corrected chi connectivity index (χ2v) is 10.4. The minimum atomic E-state index is -1.98. The summed E-state index contributed by atoms with van der Waals surface area (Å²) in [7, 11) is 0. The van der Waals surface area contributed by atoms with E-state index in [0.29, 0.717) is 36.0 Å². The number of aromatic nitrogens is 1. The lowest BCUT2D eigenvalue weighted by Crippen LogP contribution is -2.55. The summed E-state index contributed by atoms with van der Waals surface area (Å²) >= 11 is 0. The van der Waals surface area contributed by atoms with Gasteiger partial charge in [-0.25, -0.2) is 9.36 Å². The fraction of sp³-hybridized carbons (Fsp3) is 0.538. The largest absolute Gasteiger partial charge is 0.465 e. The first-order valence-electron chi connectivity index (χ1n) is 12.1. The van der Waals surface area contributed by atoms with E-state index in [2.05, 4.69) is 4.90 Å². The summed E-state index contributed by atoms with van der Waals surface area (Å²) in [5.74, 6) is -2.18. The first-order chi connectivity index (χ1) is 16.6. The summed E-state index contributed by atoms with van der Waals surface area (Å²) in [6, 6.07) is 6.81. The van der Waals surface area contributed by atoms with Crippen molar-refractivity contribution in [3.8, 4) is 0 Å². The molecule has 9 nitrogen and oxygen atoms in total. The van der Waals surface area contributed by atoms with Crippen LogP contribution in [0, 0.1) is 5.92 Å². The Balaban J connectivity index is 1.93. The first kappa shape index (κ1) is 23.5. The Labute approximate surface area is 203 Å². The Morgan fingerprint density at radius 2 is 1.91 bits per heavy atom. The highest BCUT2D eigenvalue weighted by molar-refractivity contribution is 6.13. The number of para-hydroxylation sites is 1. The van der Waals surface area contributed by atoms with E-state index < -0.39 is 53.4 Å². The van der Waals surface area contributed by atoms with Crippen LogP contribution >= 0.6 is 0 Å². The topological polar surface area (TPSA) is 104 Å². The van der Waals surface area contributed by atoms with Gasteiger partial charge >= 0.3 is 18.0 Å². The van der Waals surface area contributed by atoms with E-state index in [9.17, 15) is 19.2 Å². The number of esters is 2. The zero-order valence-corrected chi connectivity index (χ0v) is 20.5. The maximum Gasteiger partial charge on any atom is 0.419 e. The molecule has 0 radical (unpaired) electrons. The van der Waals surface area contributed by atoms with E-state index in [0.717, 1.165) is 0 Å². The van der Waals surface area contributed by atoms with Gasteiger partial charge in [0, 0.05) is 23.9 Å². The molecule has 5 rings (SSSR count). The van der Waals surface area contributed by atoms with Crippen molar-refractivity contribution in [1.29, 1.82) is 0 Å². The Morgan fingerprint density at radius 1 is 1.17 bits per heavy atom. The van der Waals surface area contributed by atoms with Gasteiger partial charge in [0.25, 0.3) is 0 Å². The number of hydrogen-bond acceptors (Lipinski definition) is 8. The van der Waals surface area contributed by atoms with Crippen molar-refractivity contribution in [2.24, 2.45) is 5.92 Å². The molecule has 1 aromatic carbocycles. The van der Waals surface area contributed by atoms with Crippen LogP contribution in [0.4, 0.5) is 4.79 Å². The fourth-order valence-corrected chi connectivity index (χ4v) is 5.77. The van der Waals surface area contributed by atoms with Crippen LogP contribution in [0.1, 0.15) is 57.8 Å². The van der Waals surface area contributed by atoms with Gasteiger partial charge in [-0.15, -0.1) is 0 Å². The van der Waals surface area contributed by atoms with Crippen LogP contribution in [0.5, 0.6) is 0 Å². The molecule has 1 aromatic heterocycles. The number of carbonyl (C=O) groups is 4. The number of hydrogen-bond donors (Lipinski definition) is 0. The molecule has 35 heavy (non-hydrogen) atoms. The van der Waals surface area contributed by atoms with E-state index in [1.54, 1.807) is 39.8 Å². The van der Waals surface area contributed by atoms with Gasteiger partial charge in [-0.1, -0.05) is 18.2 Å². The number of cyclic esters (lactones) is 1. The summed E-state index contributed by atoms with van der Waals surface area (Å²) in [6.07, 6.45) is -0.0744. The second kappa shape index (κ2) is 8.19. The minimum Gasteiger partial charge on any atom is -0.465 e. The highest BCUT2D eigenvalue weighted by Crippen LogP contribution is 2.50. The van der Waals surface area contributed by atoms with Crippen molar-refractivity contribution in [2.75, 3.05) is 26.3 Å². The van der Waals surface area contributed by atoms with E-state index in [4.69, 9.17) is 14.2 Å². The molecule has 0 N–H and O–H groups in total. The first-order valence-corrected chi connectivity index (χ1v) is 12.1. The normalized spacial score (nSPS) is 26.4. The van der Waals surface area contributed by atoms with Gasteiger partial charge in [0.15, 0.2) is 5.78 Å². The quantitative estimate of drug-likeness (QED) is 0.365. The molecule has 3 aliphatic rings. The van der Waals surface area contributed by atoms with E-state index in [-0.39, 0.29) is 18.7 Å². The Hall–Kier alpha value is -3.20. The van der Waals surface area contributed by atoms with Gasteiger partial charge in [-0.05, 0) is 46.7 Å². The zero-order chi connectivity index (χ0) is 25.1. The van der Waals surface area contributed by atoms with Crippen LogP contribution in [0.2, 0.25) is 0 Å². The standard InChI is InChI=1S/C26H30N2O7/c1-5-33-23(31)26-14-34-22(30)16-10-12-27(13-11-18(26)29)20(16)19-15-8-6-7-9-17(15)28(21(19)26)24(32)35-25(2,3)4/h6-9,16,20H,5,10-14H2,1-4H3. The third-order valence-electron chi connectivity index (χ3n) is 7.15. The van der Waals surface area contributed by atoms with Gasteiger partial charge in [-0.2, -0.15) is 0 Å². The highest BCUT2D eigenvalue weighted by atomic mass is 16.6. The van der Waals surface area contributed by atoms with Crippen molar-refractivity contribution in [1.82, 2.24) is 9.47 Å². The molecule has 1 saturated heterocycles. The Kier molecular flexibility index (Phi) is 5.51. The molecule has 1 fully saturated rings. The zero-order valence-electron chi connectivity index (χ0n) is 20.5. The van der Waals surface area contributed by atoms with Crippen molar-refractivity contribution in [3.63, 3.8) is 0 Å². The number of nitrogens with zero attached hydrogens (tertiary/aromatic N) is 2. The Morgan fingerprint density at radius 3 is 2.63 bits per heavy atom. The molecule has 0 saturated carbocycles. The monoisotopic (exact) mass is 482 g/mol. The number of ether oxygens (including phenoxy) is 3. The molecular formula is C26H30N2O7. The molecule has 9 heteroatoms. The van der Waals surface area contributed by atoms with Crippen molar-refractivity contribution < 1.29 is 33.4 Å². The summed E-state index contributed by atoms with van der Waals surface area (Å²) in [5.41, 5.74) is -1.46. The van der Waals surface area contributed by atoms with Crippen LogP contribution in [0.15, 0.2) is 24.3 Å². The molecule has 186 valence electrons. The van der Waals surface area contributed by atoms with Crippen molar-refractivity contribution in [3.05, 3.63) is 35.5 Å². The van der Waals surface area contributed by atoms with E-state index >= 15 is 0 Å². The molecule has 2 bridgehead atoms. The number of fused-ring (bicyclic) bond motifs is 1. The number of benzene rings is 1. The molecule has 2 aromatic rings. The maximum atomic E-state index is 13.9. The molecule has 0 spiro atoms. The van der Waals surface area contributed by atoms with E-state index in [1.807, 2.05) is 12.1 Å². The predicted molar refractivity (Wildman–Crippen MR) is 125 cm³/mol. The number of Topliss-reactive ketones (excluding diaryl/α,β-unsaturated/α-hetero) is 1.